The van der Waals surface area contributed by atoms with E-state index in [2.05, 4.69) is 0 Å². The number of halogens is 1. The molecule has 27 heavy (non-hydrogen) atoms. The van der Waals surface area contributed by atoms with Gasteiger partial charge in [0.25, 0.3) is 5.91 Å². The number of nitrogens with zero attached hydrogens (tertiary/aromatic N) is 1. The average Bonchev–Trinajstić information content (AvgIpc) is 2.91. The van der Waals surface area contributed by atoms with E-state index in [0.717, 1.165) is 22.4 Å². The van der Waals surface area contributed by atoms with E-state index >= 15 is 0 Å². The molecule has 1 fully saturated rings. The Bertz CT molecular complexity index is 982. The maximum absolute atomic E-state index is 13.1. The number of carbonyl (C=O) groups is 1. The highest BCUT2D eigenvalue weighted by Crippen LogP contribution is 2.36. The summed E-state index contributed by atoms with van der Waals surface area (Å²) in [5, 5.41) is 0. The van der Waals surface area contributed by atoms with Gasteiger partial charge in [-0.25, -0.2) is 4.39 Å². The zero-order valence-corrected chi connectivity index (χ0v) is 16.1. The molecule has 6 heteroatoms. The Kier molecular flexibility index (Phi) is 4.85. The molecule has 1 amide bonds. The minimum absolute atomic E-state index is 0.138. The number of hydrogen-bond acceptors (Lipinski definition) is 4. The van der Waals surface area contributed by atoms with Crippen LogP contribution in [0.25, 0.3) is 6.08 Å². The first kappa shape index (κ1) is 17.9. The molecular weight excluding hydrogens is 381 g/mol. The Hall–Kier alpha value is -2.44. The van der Waals surface area contributed by atoms with Gasteiger partial charge in [-0.1, -0.05) is 54.3 Å². The second kappa shape index (κ2) is 7.29. The highest BCUT2D eigenvalue weighted by Gasteiger charge is 2.33. The van der Waals surface area contributed by atoms with Gasteiger partial charge in [0.1, 0.15) is 22.0 Å². The summed E-state index contributed by atoms with van der Waals surface area (Å²) in [7, 11) is 0. The lowest BCUT2D eigenvalue weighted by Crippen LogP contribution is -2.27. The van der Waals surface area contributed by atoms with Gasteiger partial charge in [0.2, 0.25) is 0 Å². The van der Waals surface area contributed by atoms with Crippen LogP contribution in [0.15, 0.2) is 65.1 Å². The first-order valence-corrected chi connectivity index (χ1v) is 9.71. The summed E-state index contributed by atoms with van der Waals surface area (Å²) < 4.78 is 19.5. The van der Waals surface area contributed by atoms with Crippen molar-refractivity contribution in [3.05, 3.63) is 82.0 Å². The van der Waals surface area contributed by atoms with E-state index < -0.39 is 0 Å². The molecule has 0 radical (unpaired) electrons. The lowest BCUT2D eigenvalue weighted by atomic mass is 10.0. The molecule has 0 unspecified atom stereocenters. The highest BCUT2D eigenvalue weighted by molar-refractivity contribution is 8.26. The summed E-state index contributed by atoms with van der Waals surface area (Å²) in [6.45, 7) is 2.29. The molecular formula is C21H16FNO2S2. The summed E-state index contributed by atoms with van der Waals surface area (Å²) in [5.41, 5.74) is 2.75. The van der Waals surface area contributed by atoms with E-state index in [4.69, 9.17) is 17.0 Å². The van der Waals surface area contributed by atoms with Crippen LogP contribution in [0.2, 0.25) is 0 Å². The minimum atomic E-state index is -0.303. The Labute approximate surface area is 166 Å². The van der Waals surface area contributed by atoms with Gasteiger partial charge < -0.3 is 4.74 Å². The number of carbonyl (C=O) groups excluding carboxylic acids is 1. The van der Waals surface area contributed by atoms with Crippen LogP contribution in [-0.4, -0.2) is 21.2 Å². The fourth-order valence-electron chi connectivity index (χ4n) is 2.98. The topological polar surface area (TPSA) is 29.5 Å². The molecule has 2 aromatic rings. The zero-order valence-electron chi connectivity index (χ0n) is 14.5. The number of rotatable bonds is 3. The predicted octanol–water partition coefficient (Wildman–Crippen LogP) is 4.93. The second-order valence-electron chi connectivity index (χ2n) is 6.34. The lowest BCUT2D eigenvalue weighted by Gasteiger charge is -2.23. The van der Waals surface area contributed by atoms with Crippen LogP contribution in [0.1, 0.15) is 18.1 Å². The quantitative estimate of drug-likeness (QED) is 0.542. The average molecular weight is 397 g/mol. The second-order valence-corrected chi connectivity index (χ2v) is 8.01. The van der Waals surface area contributed by atoms with Crippen molar-refractivity contribution in [1.82, 2.24) is 4.90 Å². The standard InChI is InChI=1S/C21H16FNO2S2/c1-13-16(10-15-4-2-3-5-18(15)25-13)11-19-20(24)23(21(26)27-19)12-14-6-8-17(22)9-7-14/h2-11,13H,12H2,1H3/b19-11-/t13-/m1/s1. The van der Waals surface area contributed by atoms with Crippen molar-refractivity contribution >= 4 is 40.3 Å². The van der Waals surface area contributed by atoms with Crippen LogP contribution < -0.4 is 4.74 Å². The summed E-state index contributed by atoms with van der Waals surface area (Å²) in [5.74, 6) is 0.398. The third-order valence-electron chi connectivity index (χ3n) is 4.44. The third kappa shape index (κ3) is 3.68. The molecule has 0 aromatic heterocycles. The van der Waals surface area contributed by atoms with Gasteiger partial charge in [-0.2, -0.15) is 0 Å². The largest absolute Gasteiger partial charge is 0.485 e. The normalized spacial score (nSPS) is 20.5. The number of para-hydroxylation sites is 1. The van der Waals surface area contributed by atoms with Gasteiger partial charge in [-0.3, -0.25) is 9.69 Å². The molecule has 1 saturated heterocycles. The van der Waals surface area contributed by atoms with Gasteiger partial charge >= 0.3 is 0 Å². The smallest absolute Gasteiger partial charge is 0.266 e. The minimum Gasteiger partial charge on any atom is -0.485 e. The number of thiocarbonyl (C=S) groups is 1. The fraction of sp³-hybridized carbons (Fsp3) is 0.143. The number of benzene rings is 2. The zero-order chi connectivity index (χ0) is 19.0. The molecule has 0 saturated carbocycles. The number of hydrogen-bond donors (Lipinski definition) is 0. The molecule has 0 aliphatic carbocycles. The molecule has 4 rings (SSSR count). The molecule has 136 valence electrons. The van der Waals surface area contributed by atoms with Crippen LogP contribution in [0, 0.1) is 5.82 Å². The van der Waals surface area contributed by atoms with E-state index in [1.165, 1.54) is 23.9 Å². The summed E-state index contributed by atoms with van der Waals surface area (Å²) in [6.07, 6.45) is 3.74. The first-order valence-electron chi connectivity index (χ1n) is 8.48. The number of ether oxygens (including phenoxy) is 1. The van der Waals surface area contributed by atoms with Crippen molar-refractivity contribution in [2.24, 2.45) is 0 Å². The molecule has 3 nitrogen and oxygen atoms in total. The highest BCUT2D eigenvalue weighted by atomic mass is 32.2. The van der Waals surface area contributed by atoms with Crippen molar-refractivity contribution in [3.8, 4) is 5.75 Å². The van der Waals surface area contributed by atoms with Crippen LogP contribution in [0.4, 0.5) is 4.39 Å². The molecule has 2 aliphatic heterocycles. The summed E-state index contributed by atoms with van der Waals surface area (Å²) >= 11 is 6.66. The molecule has 2 aromatic carbocycles. The molecule has 0 bridgehead atoms. The maximum atomic E-state index is 13.1. The number of amides is 1. The molecule has 2 aliphatic rings. The van der Waals surface area contributed by atoms with Gasteiger partial charge in [0, 0.05) is 5.56 Å². The van der Waals surface area contributed by atoms with E-state index in [9.17, 15) is 9.18 Å². The molecule has 1 atom stereocenters. The molecule has 2 heterocycles. The van der Waals surface area contributed by atoms with Gasteiger partial charge in [-0.05, 0) is 48.4 Å². The van der Waals surface area contributed by atoms with E-state index in [-0.39, 0.29) is 17.8 Å². The van der Waals surface area contributed by atoms with Crippen LogP contribution >= 0.6 is 24.0 Å². The Morgan fingerprint density at radius 3 is 2.74 bits per heavy atom. The number of thioether (sulfide) groups is 1. The first-order chi connectivity index (χ1) is 13.0. The Morgan fingerprint density at radius 1 is 1.22 bits per heavy atom. The van der Waals surface area contributed by atoms with Gasteiger partial charge in [0.15, 0.2) is 0 Å². The summed E-state index contributed by atoms with van der Waals surface area (Å²) in [4.78, 5) is 14.9. The van der Waals surface area contributed by atoms with Crippen LogP contribution in [0.5, 0.6) is 5.75 Å². The molecule has 0 N–H and O–H groups in total. The van der Waals surface area contributed by atoms with E-state index in [1.54, 1.807) is 17.0 Å². The van der Waals surface area contributed by atoms with E-state index in [1.807, 2.05) is 43.3 Å². The van der Waals surface area contributed by atoms with Crippen molar-refractivity contribution in [1.29, 1.82) is 0 Å². The van der Waals surface area contributed by atoms with Crippen molar-refractivity contribution in [3.63, 3.8) is 0 Å². The van der Waals surface area contributed by atoms with Crippen molar-refractivity contribution in [2.45, 2.75) is 19.6 Å². The lowest BCUT2D eigenvalue weighted by molar-refractivity contribution is -0.122. The van der Waals surface area contributed by atoms with Crippen LogP contribution in [-0.2, 0) is 11.3 Å². The fourth-order valence-corrected chi connectivity index (χ4v) is 4.24. The number of fused-ring (bicyclic) bond motifs is 1. The monoisotopic (exact) mass is 397 g/mol. The van der Waals surface area contributed by atoms with E-state index in [0.29, 0.717) is 15.8 Å². The van der Waals surface area contributed by atoms with Crippen molar-refractivity contribution in [2.75, 3.05) is 0 Å². The van der Waals surface area contributed by atoms with Gasteiger partial charge in [0.05, 0.1) is 11.4 Å². The third-order valence-corrected chi connectivity index (χ3v) is 5.82. The van der Waals surface area contributed by atoms with Gasteiger partial charge in [-0.15, -0.1) is 0 Å². The Balaban J connectivity index is 1.58. The Morgan fingerprint density at radius 2 is 1.96 bits per heavy atom. The predicted molar refractivity (Wildman–Crippen MR) is 110 cm³/mol. The molecule has 0 spiro atoms. The summed E-state index contributed by atoms with van der Waals surface area (Å²) in [6, 6.07) is 13.9. The SMILES string of the molecule is C[C@H]1Oc2ccccc2C=C1/C=C1\SC(=S)N(Cc2ccc(F)cc2)C1=O. The van der Waals surface area contributed by atoms with Crippen LogP contribution in [0.3, 0.4) is 0 Å². The maximum Gasteiger partial charge on any atom is 0.266 e. The van der Waals surface area contributed by atoms with Crippen molar-refractivity contribution < 1.29 is 13.9 Å².